The van der Waals surface area contributed by atoms with Gasteiger partial charge in [-0.2, -0.15) is 0 Å². The van der Waals surface area contributed by atoms with Crippen LogP contribution < -0.4 is 30.0 Å². The first-order valence-electron chi connectivity index (χ1n) is 12.3. The van der Waals surface area contributed by atoms with Gasteiger partial charge in [0.15, 0.2) is 0 Å². The molecular weight excluding hydrogens is 593 g/mol. The molecule has 0 spiro atoms. The van der Waals surface area contributed by atoms with E-state index in [4.69, 9.17) is 0 Å². The Morgan fingerprint density at radius 1 is 0.861 bits per heavy atom. The minimum absolute atomic E-state index is 0. The quantitative estimate of drug-likeness (QED) is 0.451. The van der Waals surface area contributed by atoms with Crippen molar-refractivity contribution in [3.63, 3.8) is 0 Å². The van der Waals surface area contributed by atoms with Crippen LogP contribution in [0.2, 0.25) is 32.7 Å². The van der Waals surface area contributed by atoms with Gasteiger partial charge in [0.2, 0.25) is 0 Å². The molecule has 0 saturated carbocycles. The molecule has 1 unspecified atom stereocenters. The van der Waals surface area contributed by atoms with E-state index in [2.05, 4.69) is 113 Å². The molecule has 1 atom stereocenters. The zero-order chi connectivity index (χ0) is 24.6. The summed E-state index contributed by atoms with van der Waals surface area (Å²) in [7, 11) is -2.36. The fourth-order valence-electron chi connectivity index (χ4n) is 6.02. The van der Waals surface area contributed by atoms with Crippen LogP contribution in [0.5, 0.6) is 0 Å². The fourth-order valence-corrected chi connectivity index (χ4v) is 11.8. The van der Waals surface area contributed by atoms with Gasteiger partial charge in [0.05, 0.1) is 5.71 Å². The molecule has 3 aliphatic heterocycles. The van der Waals surface area contributed by atoms with E-state index in [-0.39, 0.29) is 24.8 Å². The Labute approximate surface area is 246 Å². The summed E-state index contributed by atoms with van der Waals surface area (Å²) in [5, 5.41) is 4.81. The molecule has 7 rings (SSSR count). The van der Waals surface area contributed by atoms with Crippen LogP contribution in [0.15, 0.2) is 86.3 Å². The van der Waals surface area contributed by atoms with Crippen LogP contribution in [-0.4, -0.2) is 21.9 Å². The Bertz CT molecular complexity index is 1390. The van der Waals surface area contributed by atoms with E-state index in [0.29, 0.717) is 3.63 Å². The second-order valence-electron chi connectivity index (χ2n) is 11.6. The predicted molar refractivity (Wildman–Crippen MR) is 150 cm³/mol. The molecule has 6 heteroatoms. The molecule has 2 bridgehead atoms. The van der Waals surface area contributed by atoms with E-state index in [1.54, 1.807) is 35.1 Å². The molecule has 2 aromatic carbocycles. The maximum absolute atomic E-state index is 4.62. The SMILES string of the molecule is CC1=CC2=C3C(C)=C(C2=N1)[Si]3(C)C.CC1=Cc2c(-c3ccc([Si](C)(C)C)cc3)cccc2[CH]1[Zr+2].[Cl-].[Cl-]. The third kappa shape index (κ3) is 4.67. The number of benzene rings is 2. The molecule has 185 valence electrons. The molecule has 0 N–H and O–H groups in total. The Hall–Kier alpha value is -1.03. The molecule has 2 aromatic rings. The summed E-state index contributed by atoms with van der Waals surface area (Å²) in [5.74, 6) is 0. The van der Waals surface area contributed by atoms with Gasteiger partial charge in [0.1, 0.15) is 8.07 Å². The van der Waals surface area contributed by atoms with E-state index in [9.17, 15) is 0 Å². The zero-order valence-corrected chi connectivity index (χ0v) is 28.4. The van der Waals surface area contributed by atoms with Crippen LogP contribution in [0.3, 0.4) is 0 Å². The summed E-state index contributed by atoms with van der Waals surface area (Å²) < 4.78 is 0.647. The normalized spacial score (nSPS) is 20.2. The number of hydrogen-bond acceptors (Lipinski definition) is 1. The van der Waals surface area contributed by atoms with Crippen molar-refractivity contribution >= 4 is 33.1 Å². The monoisotopic (exact) mass is 624 g/mol. The number of fused-ring (bicyclic) bond motifs is 1. The first kappa shape index (κ1) is 29.5. The van der Waals surface area contributed by atoms with Gasteiger partial charge in [0, 0.05) is 11.3 Å². The second kappa shape index (κ2) is 10.3. The maximum Gasteiger partial charge on any atom is -1.00 e. The van der Waals surface area contributed by atoms with Crippen LogP contribution in [0, 0.1) is 0 Å². The summed E-state index contributed by atoms with van der Waals surface area (Å²) >= 11 is 1.59. The average molecular weight is 627 g/mol. The van der Waals surface area contributed by atoms with Gasteiger partial charge in [-0.3, -0.25) is 4.99 Å². The molecule has 0 fully saturated rings. The van der Waals surface area contributed by atoms with Crippen molar-refractivity contribution in [3.8, 4) is 11.1 Å². The summed E-state index contributed by atoms with van der Waals surface area (Å²) in [4.78, 5) is 4.62. The van der Waals surface area contributed by atoms with Crippen molar-refractivity contribution in [2.45, 2.75) is 57.1 Å². The topological polar surface area (TPSA) is 12.4 Å². The van der Waals surface area contributed by atoms with Gasteiger partial charge < -0.3 is 24.8 Å². The van der Waals surface area contributed by atoms with Gasteiger partial charge in [-0.15, -0.1) is 0 Å². The number of rotatable bonds is 2. The largest absolute Gasteiger partial charge is 1.00 e. The maximum atomic E-state index is 4.62. The van der Waals surface area contributed by atoms with Gasteiger partial charge in [0.25, 0.3) is 0 Å². The molecule has 36 heavy (non-hydrogen) atoms. The van der Waals surface area contributed by atoms with Gasteiger partial charge >= 0.3 is 145 Å². The Kier molecular flexibility index (Phi) is 8.42. The molecule has 0 aromatic heterocycles. The van der Waals surface area contributed by atoms with Gasteiger partial charge in [-0.25, -0.2) is 0 Å². The van der Waals surface area contributed by atoms with E-state index < -0.39 is 16.1 Å². The summed E-state index contributed by atoms with van der Waals surface area (Å²) in [6.07, 6.45) is 4.64. The van der Waals surface area contributed by atoms with E-state index >= 15 is 0 Å². The minimum atomic E-state index is -1.21. The standard InChI is InChI=1S/C19H21Si.C11H13NSi.2ClH.Zr/c1-14-12-16-6-5-7-18(19(16)13-14)15-8-10-17(11-9-15)20(2,3)4;1-6-5-8-9(12-6)11-7(2)10(8)13(11,3)4;;;/h5-13H,1-4H3;5H,1-4H3;2*1H;/q;;;;+2/p-2. The first-order valence-corrected chi connectivity index (χ1v) is 20.2. The molecule has 5 aliphatic rings. The molecule has 1 nitrogen and oxygen atoms in total. The number of aliphatic imine (C=N–C) groups is 1. The average Bonchev–Trinajstić information content (AvgIpc) is 3.41. The van der Waals surface area contributed by atoms with Crippen molar-refractivity contribution in [3.05, 3.63) is 92.5 Å². The van der Waals surface area contributed by atoms with E-state index in [1.165, 1.54) is 55.6 Å². The van der Waals surface area contributed by atoms with Crippen LogP contribution >= 0.6 is 0 Å². The smallest absolute Gasteiger partial charge is 1.00 e. The van der Waals surface area contributed by atoms with Crippen molar-refractivity contribution in [2.75, 3.05) is 0 Å². The Morgan fingerprint density at radius 3 is 2.06 bits per heavy atom. The predicted octanol–water partition coefficient (Wildman–Crippen LogP) is 1.68. The van der Waals surface area contributed by atoms with Crippen molar-refractivity contribution in [1.29, 1.82) is 0 Å². The fraction of sp³-hybridized carbons (Fsp3) is 0.300. The summed E-state index contributed by atoms with van der Waals surface area (Å²) in [5.41, 5.74) is 12.7. The van der Waals surface area contributed by atoms with Crippen molar-refractivity contribution in [2.24, 2.45) is 4.99 Å². The third-order valence-electron chi connectivity index (χ3n) is 7.74. The third-order valence-corrected chi connectivity index (χ3v) is 15.4. The summed E-state index contributed by atoms with van der Waals surface area (Å²) in [6.45, 7) is 18.7. The van der Waals surface area contributed by atoms with Crippen LogP contribution in [0.25, 0.3) is 17.2 Å². The van der Waals surface area contributed by atoms with Crippen LogP contribution in [0.4, 0.5) is 0 Å². The van der Waals surface area contributed by atoms with Gasteiger partial charge in [-0.05, 0) is 35.9 Å². The number of hydrogen-bond donors (Lipinski definition) is 0. The molecule has 3 heterocycles. The molecular formula is C30H34Cl2NSi2Zr. The van der Waals surface area contributed by atoms with E-state index in [1.807, 2.05) is 0 Å². The Balaban J connectivity index is 0.000000208. The van der Waals surface area contributed by atoms with Crippen molar-refractivity contribution in [1.82, 2.24) is 0 Å². The summed E-state index contributed by atoms with van der Waals surface area (Å²) in [6, 6.07) is 16.1. The van der Waals surface area contributed by atoms with Crippen LogP contribution in [-0.2, 0) is 24.7 Å². The molecule has 0 amide bonds. The Morgan fingerprint density at radius 2 is 1.50 bits per heavy atom. The molecule has 2 aliphatic carbocycles. The number of allylic oxidation sites excluding steroid dienone is 7. The number of nitrogens with zero attached hydrogens (tertiary/aromatic N) is 1. The van der Waals surface area contributed by atoms with E-state index in [0.717, 1.165) is 0 Å². The van der Waals surface area contributed by atoms with Crippen LogP contribution in [0.1, 0.15) is 35.5 Å². The van der Waals surface area contributed by atoms with Gasteiger partial charge in [-0.1, -0.05) is 13.1 Å². The second-order valence-corrected chi connectivity index (χ2v) is 22.4. The zero-order valence-electron chi connectivity index (χ0n) is 22.5. The first-order chi connectivity index (χ1) is 15.9. The molecule has 0 radical (unpaired) electrons. The minimum Gasteiger partial charge on any atom is -1.00 e. The molecule has 0 saturated heterocycles. The number of halogens is 2. The van der Waals surface area contributed by atoms with Crippen molar-refractivity contribution < 1.29 is 49.5 Å².